The molecule has 0 aliphatic carbocycles. The molecule has 1 atom stereocenters. The second-order valence-corrected chi connectivity index (χ2v) is 4.60. The van der Waals surface area contributed by atoms with E-state index in [1.165, 1.54) is 12.0 Å². The molecule has 2 nitrogen and oxygen atoms in total. The number of aliphatic imine (C=N–C) groups is 1. The Morgan fingerprint density at radius 3 is 2.50 bits per heavy atom. The van der Waals surface area contributed by atoms with Gasteiger partial charge in [-0.3, -0.25) is 4.99 Å². The van der Waals surface area contributed by atoms with Crippen LogP contribution in [0.3, 0.4) is 0 Å². The molecule has 0 bridgehead atoms. The number of nitrogens with two attached hydrogens (primary N) is 1. The predicted molar refractivity (Wildman–Crippen MR) is 74.0 cm³/mol. The molecule has 2 N–H and O–H groups in total. The molecule has 0 heterocycles. The van der Waals surface area contributed by atoms with Crippen LogP contribution in [-0.4, -0.2) is 18.8 Å². The van der Waals surface area contributed by atoms with Gasteiger partial charge in [-0.05, 0) is 38.2 Å². The maximum Gasteiger partial charge on any atom is 0.0633 e. The Bertz CT molecular complexity index is 247. The summed E-state index contributed by atoms with van der Waals surface area (Å²) in [5.74, 6) is 0.760. The predicted octanol–water partition coefficient (Wildman–Crippen LogP) is 3.34. The molecule has 0 aliphatic rings. The van der Waals surface area contributed by atoms with E-state index >= 15 is 0 Å². The molecule has 0 aliphatic heterocycles. The minimum Gasteiger partial charge on any atom is -0.323 e. The molecule has 0 saturated carbocycles. The van der Waals surface area contributed by atoms with E-state index in [2.05, 4.69) is 37.1 Å². The lowest BCUT2D eigenvalue weighted by molar-refractivity contribution is 0.593. The lowest BCUT2D eigenvalue weighted by Crippen LogP contribution is -2.16. The first-order valence-corrected chi connectivity index (χ1v) is 6.13. The highest BCUT2D eigenvalue weighted by atomic mass is 14.7. The van der Waals surface area contributed by atoms with E-state index < -0.39 is 0 Å². The summed E-state index contributed by atoms with van der Waals surface area (Å²) >= 11 is 0. The van der Waals surface area contributed by atoms with Crippen molar-refractivity contribution in [3.63, 3.8) is 0 Å². The monoisotopic (exact) mass is 222 g/mol. The Hall–Kier alpha value is -0.890. The molecule has 0 saturated heterocycles. The Balaban J connectivity index is 4.15. The summed E-state index contributed by atoms with van der Waals surface area (Å²) in [5.41, 5.74) is 6.88. The van der Waals surface area contributed by atoms with E-state index in [4.69, 9.17) is 5.73 Å². The van der Waals surface area contributed by atoms with Crippen molar-refractivity contribution in [1.29, 1.82) is 0 Å². The van der Waals surface area contributed by atoms with E-state index in [0.29, 0.717) is 0 Å². The van der Waals surface area contributed by atoms with Crippen LogP contribution in [0.25, 0.3) is 0 Å². The molecule has 92 valence electrons. The molecule has 0 aromatic heterocycles. The number of allylic oxidation sites excluding steroid dienone is 2. The summed E-state index contributed by atoms with van der Waals surface area (Å²) in [4.78, 5) is 4.32. The van der Waals surface area contributed by atoms with Crippen LogP contribution in [0.1, 0.15) is 40.5 Å². The van der Waals surface area contributed by atoms with Gasteiger partial charge in [0.2, 0.25) is 0 Å². The second-order valence-electron chi connectivity index (χ2n) is 4.60. The molecule has 0 radical (unpaired) electrons. The molecular formula is C14H26N2. The number of nitrogens with zero attached hydrogens (tertiary/aromatic N) is 1. The summed E-state index contributed by atoms with van der Waals surface area (Å²) in [5, 5.41) is 0. The maximum atomic E-state index is 5.61. The topological polar surface area (TPSA) is 38.4 Å². The molecule has 16 heavy (non-hydrogen) atoms. The third-order valence-electron chi connectivity index (χ3n) is 2.15. The fraction of sp³-hybridized carbons (Fsp3) is 0.643. The summed E-state index contributed by atoms with van der Waals surface area (Å²) in [7, 11) is 0. The SMILES string of the molecule is C/C=C\C(=C/CCC(C)C)C/N=C/C(C)N. The maximum absolute atomic E-state index is 5.61. The zero-order valence-electron chi connectivity index (χ0n) is 11.1. The first-order chi connectivity index (χ1) is 7.56. The van der Waals surface area contributed by atoms with Gasteiger partial charge in [0, 0.05) is 12.3 Å². The Kier molecular flexibility index (Phi) is 8.82. The van der Waals surface area contributed by atoms with Crippen LogP contribution in [0.5, 0.6) is 0 Å². The van der Waals surface area contributed by atoms with Crippen molar-refractivity contribution in [1.82, 2.24) is 0 Å². The van der Waals surface area contributed by atoms with Crippen molar-refractivity contribution in [3.05, 3.63) is 23.8 Å². The third kappa shape index (κ3) is 9.66. The van der Waals surface area contributed by atoms with Crippen LogP contribution in [0.4, 0.5) is 0 Å². The fourth-order valence-corrected chi connectivity index (χ4v) is 1.33. The van der Waals surface area contributed by atoms with E-state index in [9.17, 15) is 0 Å². The molecule has 2 heteroatoms. The molecule has 0 aromatic carbocycles. The normalized spacial score (nSPS) is 15.5. The molecule has 0 aromatic rings. The van der Waals surface area contributed by atoms with Crippen LogP contribution < -0.4 is 5.73 Å². The Labute approximate surface area is 100 Å². The van der Waals surface area contributed by atoms with Gasteiger partial charge in [0.15, 0.2) is 0 Å². The average molecular weight is 222 g/mol. The Morgan fingerprint density at radius 1 is 1.31 bits per heavy atom. The number of hydrogen-bond acceptors (Lipinski definition) is 2. The van der Waals surface area contributed by atoms with E-state index in [1.54, 1.807) is 6.21 Å². The van der Waals surface area contributed by atoms with Crippen molar-refractivity contribution in [2.24, 2.45) is 16.6 Å². The molecular weight excluding hydrogens is 196 g/mol. The zero-order chi connectivity index (χ0) is 12.4. The van der Waals surface area contributed by atoms with Crippen molar-refractivity contribution in [2.45, 2.75) is 46.6 Å². The number of hydrogen-bond donors (Lipinski definition) is 1. The smallest absolute Gasteiger partial charge is 0.0633 e. The van der Waals surface area contributed by atoms with Gasteiger partial charge < -0.3 is 5.73 Å². The highest BCUT2D eigenvalue weighted by molar-refractivity contribution is 5.63. The van der Waals surface area contributed by atoms with Gasteiger partial charge in [-0.15, -0.1) is 0 Å². The highest BCUT2D eigenvalue weighted by Crippen LogP contribution is 2.07. The van der Waals surface area contributed by atoms with Crippen molar-refractivity contribution < 1.29 is 0 Å². The molecule has 0 rings (SSSR count). The van der Waals surface area contributed by atoms with Crippen molar-refractivity contribution in [3.8, 4) is 0 Å². The lowest BCUT2D eigenvalue weighted by atomic mass is 10.1. The highest BCUT2D eigenvalue weighted by Gasteiger charge is 1.94. The van der Waals surface area contributed by atoms with Crippen LogP contribution in [0, 0.1) is 5.92 Å². The summed E-state index contributed by atoms with van der Waals surface area (Å²) in [6, 6.07) is 0.0440. The third-order valence-corrected chi connectivity index (χ3v) is 2.15. The van der Waals surface area contributed by atoms with Crippen LogP contribution >= 0.6 is 0 Å². The van der Waals surface area contributed by atoms with Crippen LogP contribution in [0.2, 0.25) is 0 Å². The second kappa shape index (κ2) is 9.34. The molecule has 0 spiro atoms. The summed E-state index contributed by atoms with van der Waals surface area (Å²) in [6.45, 7) is 9.20. The minimum atomic E-state index is 0.0440. The van der Waals surface area contributed by atoms with E-state index in [-0.39, 0.29) is 6.04 Å². The molecule has 1 unspecified atom stereocenters. The quantitative estimate of drug-likeness (QED) is 0.520. The summed E-state index contributed by atoms with van der Waals surface area (Å²) in [6.07, 6.45) is 10.6. The van der Waals surface area contributed by atoms with Gasteiger partial charge in [0.1, 0.15) is 0 Å². The van der Waals surface area contributed by atoms with Gasteiger partial charge in [0.05, 0.1) is 6.54 Å². The number of rotatable bonds is 7. The zero-order valence-corrected chi connectivity index (χ0v) is 11.1. The van der Waals surface area contributed by atoms with E-state index in [0.717, 1.165) is 18.9 Å². The first kappa shape index (κ1) is 15.1. The summed E-state index contributed by atoms with van der Waals surface area (Å²) < 4.78 is 0. The van der Waals surface area contributed by atoms with Gasteiger partial charge in [0.25, 0.3) is 0 Å². The average Bonchev–Trinajstić information content (AvgIpc) is 2.16. The fourth-order valence-electron chi connectivity index (χ4n) is 1.33. The largest absolute Gasteiger partial charge is 0.323 e. The van der Waals surface area contributed by atoms with Crippen molar-refractivity contribution in [2.75, 3.05) is 6.54 Å². The minimum absolute atomic E-state index is 0.0440. The van der Waals surface area contributed by atoms with Crippen LogP contribution in [-0.2, 0) is 0 Å². The molecule has 0 fully saturated rings. The van der Waals surface area contributed by atoms with E-state index in [1.807, 2.05) is 13.8 Å². The first-order valence-electron chi connectivity index (χ1n) is 6.13. The van der Waals surface area contributed by atoms with Crippen LogP contribution in [0.15, 0.2) is 28.8 Å². The Morgan fingerprint density at radius 2 is 2.00 bits per heavy atom. The van der Waals surface area contributed by atoms with Gasteiger partial charge >= 0.3 is 0 Å². The molecule has 0 amide bonds. The van der Waals surface area contributed by atoms with Gasteiger partial charge in [-0.25, -0.2) is 0 Å². The van der Waals surface area contributed by atoms with Crippen molar-refractivity contribution >= 4 is 6.21 Å². The van der Waals surface area contributed by atoms with Gasteiger partial charge in [-0.2, -0.15) is 0 Å². The standard InChI is InChI=1S/C14H26N2/c1-5-7-14(9-6-8-12(2)3)11-16-10-13(4)15/h5,7,9-10,12-13H,6,8,11,15H2,1-4H3/b7-5-,14-9+,16-10+. The van der Waals surface area contributed by atoms with Gasteiger partial charge in [-0.1, -0.05) is 32.1 Å². The lowest BCUT2D eigenvalue weighted by Gasteiger charge is -2.02.